The predicted molar refractivity (Wildman–Crippen MR) is 58.7 cm³/mol. The first-order valence-corrected chi connectivity index (χ1v) is 5.80. The monoisotopic (exact) mass is 266 g/mol. The van der Waals surface area contributed by atoms with Gasteiger partial charge in [0.05, 0.1) is 6.42 Å². The van der Waals surface area contributed by atoms with Crippen LogP contribution in [0.3, 0.4) is 0 Å². The molecule has 0 aromatic carbocycles. The number of nitrogens with one attached hydrogen (secondary N) is 1. The van der Waals surface area contributed by atoms with Crippen molar-refractivity contribution in [1.29, 1.82) is 0 Å². The van der Waals surface area contributed by atoms with E-state index in [0.717, 1.165) is 4.90 Å². The first-order chi connectivity index (χ1) is 8.10. The van der Waals surface area contributed by atoms with Crippen LogP contribution in [0.2, 0.25) is 0 Å². The molecule has 0 spiro atoms. The fraction of sp³-hybridized carbons (Fsp3) is 0.818. The Kier molecular flexibility index (Phi) is 3.92. The highest BCUT2D eigenvalue weighted by molar-refractivity contribution is 5.99. The zero-order valence-corrected chi connectivity index (χ0v) is 10.6. The number of carbonyl (C=O) groups excluding carboxylic acids is 2. The zero-order chi connectivity index (χ0) is 14.1. The lowest BCUT2D eigenvalue weighted by molar-refractivity contribution is -0.161. The molecule has 18 heavy (non-hydrogen) atoms. The van der Waals surface area contributed by atoms with Gasteiger partial charge in [-0.25, -0.2) is 0 Å². The van der Waals surface area contributed by atoms with Crippen molar-refractivity contribution in [2.24, 2.45) is 0 Å². The van der Waals surface area contributed by atoms with Gasteiger partial charge in [-0.15, -0.1) is 0 Å². The number of piperazine rings is 1. The van der Waals surface area contributed by atoms with E-state index in [9.17, 15) is 22.8 Å². The topological polar surface area (TPSA) is 49.4 Å². The number of carbonyl (C=O) groups is 2. The summed E-state index contributed by atoms with van der Waals surface area (Å²) in [7, 11) is 0. The van der Waals surface area contributed by atoms with E-state index >= 15 is 0 Å². The van der Waals surface area contributed by atoms with Gasteiger partial charge in [0.2, 0.25) is 11.8 Å². The maximum Gasteiger partial charge on any atom is 0.390 e. The Morgan fingerprint density at radius 3 is 2.39 bits per heavy atom. The van der Waals surface area contributed by atoms with Gasteiger partial charge in [-0.2, -0.15) is 13.2 Å². The molecule has 0 saturated carbocycles. The molecule has 7 heteroatoms. The van der Waals surface area contributed by atoms with Crippen molar-refractivity contribution in [2.45, 2.75) is 51.4 Å². The molecule has 0 aliphatic carbocycles. The van der Waals surface area contributed by atoms with Crippen LogP contribution in [0.5, 0.6) is 0 Å². The maximum absolute atomic E-state index is 12.2. The molecule has 1 aliphatic rings. The third kappa shape index (κ3) is 2.94. The highest BCUT2D eigenvalue weighted by Gasteiger charge is 2.46. The molecule has 0 bridgehead atoms. The molecule has 4 nitrogen and oxygen atoms in total. The van der Waals surface area contributed by atoms with Gasteiger partial charge in [-0.3, -0.25) is 9.59 Å². The molecule has 2 unspecified atom stereocenters. The van der Waals surface area contributed by atoms with Crippen molar-refractivity contribution >= 4 is 11.8 Å². The third-order valence-corrected chi connectivity index (χ3v) is 3.32. The molecule has 104 valence electrons. The summed E-state index contributed by atoms with van der Waals surface area (Å²) in [5.74, 6) is -0.873. The van der Waals surface area contributed by atoms with E-state index in [-0.39, 0.29) is 0 Å². The second kappa shape index (κ2) is 4.78. The molecule has 1 aliphatic heterocycles. The van der Waals surface area contributed by atoms with E-state index in [4.69, 9.17) is 0 Å². The van der Waals surface area contributed by atoms with Crippen molar-refractivity contribution < 1.29 is 22.8 Å². The lowest BCUT2D eigenvalue weighted by Crippen LogP contribution is -2.68. The molecule has 1 heterocycles. The Bertz CT molecular complexity index is 357. The quantitative estimate of drug-likeness (QED) is 0.840. The summed E-state index contributed by atoms with van der Waals surface area (Å²) < 4.78 is 36.6. The summed E-state index contributed by atoms with van der Waals surface area (Å²) >= 11 is 0. The lowest BCUT2D eigenvalue weighted by Gasteiger charge is -2.43. The highest BCUT2D eigenvalue weighted by atomic mass is 19.4. The fourth-order valence-electron chi connectivity index (χ4n) is 1.85. The molecule has 2 atom stereocenters. The first kappa shape index (κ1) is 14.8. The SMILES string of the molecule is CCC1(C)NC(=O)C(C)N(CCC(F)(F)F)C1=O. The Balaban J connectivity index is 2.86. The Hall–Kier alpha value is -1.27. The van der Waals surface area contributed by atoms with Gasteiger partial charge in [0.25, 0.3) is 0 Å². The largest absolute Gasteiger partial charge is 0.390 e. The van der Waals surface area contributed by atoms with Gasteiger partial charge in [0.1, 0.15) is 11.6 Å². The number of hydrogen-bond donors (Lipinski definition) is 1. The van der Waals surface area contributed by atoms with Crippen LogP contribution in [0.15, 0.2) is 0 Å². The molecule has 1 rings (SSSR count). The molecule has 0 radical (unpaired) electrons. The van der Waals surface area contributed by atoms with E-state index in [2.05, 4.69) is 5.32 Å². The Morgan fingerprint density at radius 2 is 1.94 bits per heavy atom. The Morgan fingerprint density at radius 1 is 1.39 bits per heavy atom. The van der Waals surface area contributed by atoms with Crippen LogP contribution in [0, 0.1) is 0 Å². The standard InChI is InChI=1S/C11H17F3N2O2/c1-4-10(3)9(18)16(6-5-11(12,13)14)7(2)8(17)15-10/h7H,4-6H2,1-3H3,(H,15,17). The second-order valence-corrected chi connectivity index (χ2v) is 4.71. The average molecular weight is 266 g/mol. The highest BCUT2D eigenvalue weighted by Crippen LogP contribution is 2.25. The predicted octanol–water partition coefficient (Wildman–Crippen LogP) is 1.45. The van der Waals surface area contributed by atoms with Crippen molar-refractivity contribution in [1.82, 2.24) is 10.2 Å². The van der Waals surface area contributed by atoms with Crippen LogP contribution in [-0.4, -0.2) is 41.0 Å². The number of amides is 2. The van der Waals surface area contributed by atoms with Crippen molar-refractivity contribution in [3.8, 4) is 0 Å². The van der Waals surface area contributed by atoms with E-state index in [1.54, 1.807) is 6.92 Å². The molecular formula is C11H17F3N2O2. The minimum absolute atomic E-state index is 0.340. The van der Waals surface area contributed by atoms with Crippen molar-refractivity contribution in [3.63, 3.8) is 0 Å². The number of hydrogen-bond acceptors (Lipinski definition) is 2. The van der Waals surface area contributed by atoms with Crippen LogP contribution < -0.4 is 5.32 Å². The number of rotatable bonds is 3. The molecule has 0 aromatic heterocycles. The van der Waals surface area contributed by atoms with Crippen LogP contribution in [-0.2, 0) is 9.59 Å². The molecule has 1 fully saturated rings. The molecule has 0 aromatic rings. The molecule has 2 amide bonds. The van der Waals surface area contributed by atoms with Crippen LogP contribution in [0.4, 0.5) is 13.2 Å². The minimum atomic E-state index is -4.34. The van der Waals surface area contributed by atoms with Crippen molar-refractivity contribution in [2.75, 3.05) is 6.54 Å². The number of halogens is 3. The van der Waals surface area contributed by atoms with Gasteiger partial charge in [0, 0.05) is 6.54 Å². The molecular weight excluding hydrogens is 249 g/mol. The lowest BCUT2D eigenvalue weighted by atomic mass is 9.92. The fourth-order valence-corrected chi connectivity index (χ4v) is 1.85. The van der Waals surface area contributed by atoms with Gasteiger partial charge in [-0.1, -0.05) is 6.92 Å². The van der Waals surface area contributed by atoms with E-state index in [1.807, 2.05) is 0 Å². The van der Waals surface area contributed by atoms with Gasteiger partial charge >= 0.3 is 6.18 Å². The van der Waals surface area contributed by atoms with Gasteiger partial charge in [0.15, 0.2) is 0 Å². The maximum atomic E-state index is 12.2. The summed E-state index contributed by atoms with van der Waals surface area (Å²) in [5.41, 5.74) is -1.10. The first-order valence-electron chi connectivity index (χ1n) is 5.80. The van der Waals surface area contributed by atoms with Crippen molar-refractivity contribution in [3.05, 3.63) is 0 Å². The summed E-state index contributed by atoms with van der Waals surface area (Å²) in [6.07, 6.45) is -5.10. The average Bonchev–Trinajstić information content (AvgIpc) is 2.25. The van der Waals surface area contributed by atoms with Crippen LogP contribution in [0.25, 0.3) is 0 Å². The normalized spacial score (nSPS) is 29.4. The van der Waals surface area contributed by atoms with Gasteiger partial charge < -0.3 is 10.2 Å². The summed E-state index contributed by atoms with van der Waals surface area (Å²) in [6.45, 7) is 4.18. The minimum Gasteiger partial charge on any atom is -0.340 e. The number of nitrogens with zero attached hydrogens (tertiary/aromatic N) is 1. The molecule has 1 saturated heterocycles. The zero-order valence-electron chi connectivity index (χ0n) is 10.6. The number of alkyl halides is 3. The van der Waals surface area contributed by atoms with Gasteiger partial charge in [-0.05, 0) is 20.3 Å². The second-order valence-electron chi connectivity index (χ2n) is 4.71. The summed E-state index contributed by atoms with van der Waals surface area (Å²) in [4.78, 5) is 24.8. The summed E-state index contributed by atoms with van der Waals surface area (Å²) in [6, 6.07) is -0.862. The smallest absolute Gasteiger partial charge is 0.340 e. The molecule has 1 N–H and O–H groups in total. The van der Waals surface area contributed by atoms with E-state index < -0.39 is 42.5 Å². The van der Waals surface area contributed by atoms with E-state index in [1.165, 1.54) is 13.8 Å². The van der Waals surface area contributed by atoms with Crippen LogP contribution in [0.1, 0.15) is 33.6 Å². The summed E-state index contributed by atoms with van der Waals surface area (Å²) in [5, 5.41) is 2.56. The Labute approximate surface area is 104 Å². The third-order valence-electron chi connectivity index (χ3n) is 3.32. The van der Waals surface area contributed by atoms with E-state index in [0.29, 0.717) is 6.42 Å². The van der Waals surface area contributed by atoms with Crippen LogP contribution >= 0.6 is 0 Å².